The molecule has 1 N–H and O–H groups in total. The van der Waals surface area contributed by atoms with Gasteiger partial charge >= 0.3 is 29.8 Å². The number of carboxylic acids is 1. The molecule has 1 saturated heterocycles. The van der Waals surface area contributed by atoms with Gasteiger partial charge < -0.3 is 33.5 Å². The Bertz CT molecular complexity index is 910. The van der Waals surface area contributed by atoms with Gasteiger partial charge in [0, 0.05) is 27.7 Å². The number of rotatable bonds is 8. The van der Waals surface area contributed by atoms with Crippen LogP contribution < -0.4 is 4.74 Å². The lowest BCUT2D eigenvalue weighted by atomic mass is 9.98. The molecule has 0 radical (unpaired) electrons. The first-order valence-electron chi connectivity index (χ1n) is 9.79. The summed E-state index contributed by atoms with van der Waals surface area (Å²) in [4.78, 5) is 58.2. The van der Waals surface area contributed by atoms with Crippen molar-refractivity contribution in [3.05, 3.63) is 29.8 Å². The van der Waals surface area contributed by atoms with Gasteiger partial charge in [-0.15, -0.1) is 0 Å². The zero-order chi connectivity index (χ0) is 24.7. The van der Waals surface area contributed by atoms with E-state index in [9.17, 15) is 29.1 Å². The summed E-state index contributed by atoms with van der Waals surface area (Å²) in [6.45, 7) is 3.98. The predicted molar refractivity (Wildman–Crippen MR) is 106 cm³/mol. The van der Waals surface area contributed by atoms with Crippen molar-refractivity contribution in [2.24, 2.45) is 0 Å². The summed E-state index contributed by atoms with van der Waals surface area (Å²) in [5.74, 6) is -4.47. The summed E-state index contributed by atoms with van der Waals surface area (Å²) in [6.07, 6.45) is -6.97. The lowest BCUT2D eigenvalue weighted by Crippen LogP contribution is -2.63. The quantitative estimate of drug-likeness (QED) is 0.423. The topological polar surface area (TPSA) is 161 Å². The average Bonchev–Trinajstić information content (AvgIpc) is 2.70. The van der Waals surface area contributed by atoms with Crippen molar-refractivity contribution < 1.29 is 57.5 Å². The minimum Gasteiger partial charge on any atom is -0.478 e. The molecule has 0 spiro atoms. The number of hydrogen-bond donors (Lipinski definition) is 1. The zero-order valence-electron chi connectivity index (χ0n) is 18.3. The van der Waals surface area contributed by atoms with Crippen LogP contribution in [0.15, 0.2) is 24.3 Å². The molecule has 1 aromatic carbocycles. The van der Waals surface area contributed by atoms with Gasteiger partial charge in [-0.05, 0) is 12.1 Å². The van der Waals surface area contributed by atoms with Crippen LogP contribution in [0.3, 0.4) is 0 Å². The van der Waals surface area contributed by atoms with E-state index in [1.807, 2.05) is 0 Å². The van der Waals surface area contributed by atoms with Crippen molar-refractivity contribution in [3.63, 3.8) is 0 Å². The molecule has 0 saturated carbocycles. The van der Waals surface area contributed by atoms with Crippen LogP contribution in [0.1, 0.15) is 38.1 Å². The molecule has 12 heteroatoms. The van der Waals surface area contributed by atoms with Crippen molar-refractivity contribution in [2.45, 2.75) is 58.4 Å². The maximum atomic E-state index is 11.8. The third-order valence-electron chi connectivity index (χ3n) is 4.31. The van der Waals surface area contributed by atoms with Gasteiger partial charge in [-0.1, -0.05) is 12.1 Å². The molecule has 12 nitrogen and oxygen atoms in total. The summed E-state index contributed by atoms with van der Waals surface area (Å²) >= 11 is 0. The maximum Gasteiger partial charge on any atom is 0.339 e. The van der Waals surface area contributed by atoms with Crippen LogP contribution in [0.25, 0.3) is 0 Å². The van der Waals surface area contributed by atoms with Gasteiger partial charge in [0.15, 0.2) is 12.2 Å². The number of benzene rings is 1. The number of hydrogen-bond acceptors (Lipinski definition) is 11. The molecular formula is C21H24O12. The summed E-state index contributed by atoms with van der Waals surface area (Å²) in [7, 11) is 0. The third kappa shape index (κ3) is 7.17. The Morgan fingerprint density at radius 1 is 0.818 bits per heavy atom. The molecule has 1 aromatic rings. The van der Waals surface area contributed by atoms with Crippen molar-refractivity contribution in [1.29, 1.82) is 0 Å². The van der Waals surface area contributed by atoms with E-state index >= 15 is 0 Å². The second-order valence-electron chi connectivity index (χ2n) is 6.99. The molecular weight excluding hydrogens is 444 g/mol. The van der Waals surface area contributed by atoms with Gasteiger partial charge in [-0.3, -0.25) is 19.2 Å². The van der Waals surface area contributed by atoms with Crippen molar-refractivity contribution in [3.8, 4) is 5.75 Å². The Kier molecular flexibility index (Phi) is 8.74. The standard InChI is InChI=1S/C21H24O12/c1-10(22)28-9-16-17(29-11(2)23)18(30-12(3)24)19(31-13(4)25)21(33-16)32-15-8-6-5-7-14(15)20(26)27/h5-8,16-19,21H,9H2,1-4H3,(H,26,27)/t16-,17+,18+,19+,21-/m1/s1. The van der Waals surface area contributed by atoms with Crippen LogP contribution in [-0.4, -0.2) is 72.3 Å². The molecule has 5 atom stereocenters. The molecule has 0 unspecified atom stereocenters. The summed E-state index contributed by atoms with van der Waals surface area (Å²) in [5.41, 5.74) is -0.217. The van der Waals surface area contributed by atoms with E-state index in [4.69, 9.17) is 28.4 Å². The minimum atomic E-state index is -1.52. The first kappa shape index (κ1) is 25.6. The smallest absolute Gasteiger partial charge is 0.339 e. The van der Waals surface area contributed by atoms with Crippen LogP contribution >= 0.6 is 0 Å². The molecule has 180 valence electrons. The number of carbonyl (C=O) groups is 5. The lowest BCUT2D eigenvalue weighted by Gasteiger charge is -2.44. The van der Waals surface area contributed by atoms with Crippen LogP contribution in [0.2, 0.25) is 0 Å². The normalized spacial score (nSPS) is 24.2. The van der Waals surface area contributed by atoms with Gasteiger partial charge in [0.05, 0.1) is 0 Å². The Morgan fingerprint density at radius 3 is 1.91 bits per heavy atom. The van der Waals surface area contributed by atoms with E-state index in [1.165, 1.54) is 24.3 Å². The van der Waals surface area contributed by atoms with E-state index in [0.717, 1.165) is 27.7 Å². The van der Waals surface area contributed by atoms with Crippen LogP contribution in [0, 0.1) is 0 Å². The monoisotopic (exact) mass is 468 g/mol. The predicted octanol–water partition coefficient (Wildman–Crippen LogP) is 0.847. The molecule has 2 rings (SSSR count). The van der Waals surface area contributed by atoms with Crippen molar-refractivity contribution in [2.75, 3.05) is 6.61 Å². The third-order valence-corrected chi connectivity index (χ3v) is 4.31. The highest BCUT2D eigenvalue weighted by Crippen LogP contribution is 2.32. The average molecular weight is 468 g/mol. The molecule has 1 heterocycles. The SMILES string of the molecule is CC(=O)OC[C@H]1O[C@@H](Oc2ccccc2C(=O)O)[C@@H](OC(C)=O)[C@@H](OC(C)=O)[C@H]1OC(C)=O. The van der Waals surface area contributed by atoms with Crippen molar-refractivity contribution in [1.82, 2.24) is 0 Å². The first-order chi connectivity index (χ1) is 15.5. The highest BCUT2D eigenvalue weighted by atomic mass is 16.7. The number of carboxylic acid groups (broad SMARTS) is 1. The molecule has 0 bridgehead atoms. The van der Waals surface area contributed by atoms with Crippen molar-refractivity contribution >= 4 is 29.8 Å². The fourth-order valence-electron chi connectivity index (χ4n) is 3.15. The highest BCUT2D eigenvalue weighted by Gasteiger charge is 2.53. The van der Waals surface area contributed by atoms with Crippen LogP contribution in [0.5, 0.6) is 5.75 Å². The lowest BCUT2D eigenvalue weighted by molar-refractivity contribution is -0.288. The molecule has 1 aliphatic rings. The highest BCUT2D eigenvalue weighted by molar-refractivity contribution is 5.90. The maximum absolute atomic E-state index is 11.8. The Hall–Kier alpha value is -3.67. The molecule has 0 aromatic heterocycles. The first-order valence-corrected chi connectivity index (χ1v) is 9.79. The largest absolute Gasteiger partial charge is 0.478 e. The summed E-state index contributed by atoms with van der Waals surface area (Å²) in [5, 5.41) is 9.43. The number of aromatic carboxylic acids is 1. The van der Waals surface area contributed by atoms with Gasteiger partial charge in [0.1, 0.15) is 24.0 Å². The van der Waals surface area contributed by atoms with E-state index in [0.29, 0.717) is 0 Å². The summed E-state index contributed by atoms with van der Waals surface area (Å²) < 4.78 is 32.3. The zero-order valence-corrected chi connectivity index (χ0v) is 18.3. The molecule has 33 heavy (non-hydrogen) atoms. The second kappa shape index (κ2) is 11.3. The van der Waals surface area contributed by atoms with E-state index < -0.39 is 67.2 Å². The van der Waals surface area contributed by atoms with Crippen LogP contribution in [0.4, 0.5) is 0 Å². The van der Waals surface area contributed by atoms with Gasteiger partial charge in [0.25, 0.3) is 0 Å². The Morgan fingerprint density at radius 2 is 1.36 bits per heavy atom. The number of ether oxygens (including phenoxy) is 6. The van der Waals surface area contributed by atoms with Gasteiger partial charge in [-0.25, -0.2) is 4.79 Å². The van der Waals surface area contributed by atoms with Crippen LogP contribution in [-0.2, 0) is 42.9 Å². The Balaban J connectivity index is 2.51. The minimum absolute atomic E-state index is 0.133. The molecule has 1 aliphatic heterocycles. The molecule has 0 amide bonds. The van der Waals surface area contributed by atoms with Gasteiger partial charge in [0.2, 0.25) is 12.4 Å². The number of para-hydroxylation sites is 1. The van der Waals surface area contributed by atoms with E-state index in [-0.39, 0.29) is 11.3 Å². The second-order valence-corrected chi connectivity index (χ2v) is 6.99. The number of carbonyl (C=O) groups excluding carboxylic acids is 4. The molecule has 0 aliphatic carbocycles. The fraction of sp³-hybridized carbons (Fsp3) is 0.476. The fourth-order valence-corrected chi connectivity index (χ4v) is 3.15. The summed E-state index contributed by atoms with van der Waals surface area (Å²) in [6, 6.07) is 5.61. The van der Waals surface area contributed by atoms with E-state index in [2.05, 4.69) is 0 Å². The number of esters is 4. The molecule has 1 fully saturated rings. The van der Waals surface area contributed by atoms with E-state index in [1.54, 1.807) is 0 Å². The Labute approximate surface area is 188 Å². The van der Waals surface area contributed by atoms with Gasteiger partial charge in [-0.2, -0.15) is 0 Å².